The normalized spacial score (nSPS) is 9.30. The lowest BCUT2D eigenvalue weighted by Crippen LogP contribution is -1.98. The molecule has 10 heavy (non-hydrogen) atoms. The van der Waals surface area contributed by atoms with Gasteiger partial charge in [0.1, 0.15) is 0 Å². The van der Waals surface area contributed by atoms with Crippen LogP contribution in [0.15, 0.2) is 16.7 Å². The van der Waals surface area contributed by atoms with Crippen molar-refractivity contribution in [2.75, 3.05) is 7.11 Å². The third-order valence-electron chi connectivity index (χ3n) is 1.02. The molecule has 0 aromatic carbocycles. The van der Waals surface area contributed by atoms with Crippen molar-refractivity contribution in [1.82, 2.24) is 0 Å². The molecule has 0 amide bonds. The first kappa shape index (κ1) is 6.67. The lowest BCUT2D eigenvalue weighted by atomic mass is 10.4. The fraction of sp³-hybridized carbons (Fsp3) is 0.167. The van der Waals surface area contributed by atoms with Crippen LogP contribution in [-0.2, 0) is 4.74 Å². The van der Waals surface area contributed by atoms with Gasteiger partial charge < -0.3 is 14.3 Å². The van der Waals surface area contributed by atoms with Gasteiger partial charge in [0.05, 0.1) is 13.4 Å². The van der Waals surface area contributed by atoms with E-state index in [9.17, 15) is 4.79 Å². The van der Waals surface area contributed by atoms with Crippen molar-refractivity contribution in [2.24, 2.45) is 0 Å². The second-order valence-electron chi connectivity index (χ2n) is 1.63. The zero-order chi connectivity index (χ0) is 7.56. The first-order valence-corrected chi connectivity index (χ1v) is 2.60. The number of rotatable bonds is 1. The van der Waals surface area contributed by atoms with Crippen LogP contribution < -0.4 is 0 Å². The molecule has 1 rings (SSSR count). The summed E-state index contributed by atoms with van der Waals surface area (Å²) in [4.78, 5) is 10.6. The molecule has 0 spiro atoms. The number of ether oxygens (including phenoxy) is 1. The van der Waals surface area contributed by atoms with Crippen LogP contribution in [0.3, 0.4) is 0 Å². The van der Waals surface area contributed by atoms with Gasteiger partial charge in [-0.3, -0.25) is 0 Å². The van der Waals surface area contributed by atoms with Crippen molar-refractivity contribution >= 4 is 5.97 Å². The van der Waals surface area contributed by atoms with E-state index in [4.69, 9.17) is 5.11 Å². The monoisotopic (exact) mass is 142 g/mol. The second-order valence-corrected chi connectivity index (χ2v) is 1.63. The molecule has 0 saturated carbocycles. The number of esters is 1. The summed E-state index contributed by atoms with van der Waals surface area (Å²) in [5, 5.41) is 8.86. The average molecular weight is 142 g/mol. The number of hydrogen-bond acceptors (Lipinski definition) is 4. The van der Waals surface area contributed by atoms with Crippen molar-refractivity contribution in [2.45, 2.75) is 0 Å². The Morgan fingerprint density at radius 1 is 1.80 bits per heavy atom. The average Bonchev–Trinajstić information content (AvgIpc) is 2.34. The highest BCUT2D eigenvalue weighted by Crippen LogP contribution is 2.17. The number of hydrogen-bond donors (Lipinski definition) is 1. The van der Waals surface area contributed by atoms with Crippen LogP contribution in [0.5, 0.6) is 5.75 Å². The molecule has 1 N–H and O–H groups in total. The molecule has 4 nitrogen and oxygen atoms in total. The Morgan fingerprint density at radius 2 is 2.50 bits per heavy atom. The predicted octanol–water partition coefficient (Wildman–Crippen LogP) is 0.772. The molecule has 0 unspecified atom stereocenters. The molecule has 0 saturated heterocycles. The quantitative estimate of drug-likeness (QED) is 0.588. The number of aromatic hydroxyl groups is 1. The second kappa shape index (κ2) is 2.43. The van der Waals surface area contributed by atoms with Crippen LogP contribution in [0, 0.1) is 0 Å². The third kappa shape index (κ3) is 0.953. The Labute approximate surface area is 57.0 Å². The van der Waals surface area contributed by atoms with E-state index in [2.05, 4.69) is 9.15 Å². The van der Waals surface area contributed by atoms with Crippen LogP contribution in [-0.4, -0.2) is 18.2 Å². The number of carbonyl (C=O) groups is 1. The topological polar surface area (TPSA) is 59.7 Å². The Morgan fingerprint density at radius 3 is 2.90 bits per heavy atom. The Bertz CT molecular complexity index is 238. The maximum atomic E-state index is 10.6. The summed E-state index contributed by atoms with van der Waals surface area (Å²) in [6.07, 6.45) is 1.21. The van der Waals surface area contributed by atoms with Gasteiger partial charge in [-0.15, -0.1) is 0 Å². The van der Waals surface area contributed by atoms with E-state index in [0.29, 0.717) is 0 Å². The summed E-state index contributed by atoms with van der Waals surface area (Å²) in [7, 11) is 1.21. The largest absolute Gasteiger partial charge is 0.504 e. The summed E-state index contributed by atoms with van der Waals surface area (Å²) in [5.41, 5.74) is 0. The zero-order valence-corrected chi connectivity index (χ0v) is 5.33. The molecule has 4 heteroatoms. The van der Waals surface area contributed by atoms with Gasteiger partial charge in [-0.05, 0) is 0 Å². The Balaban J connectivity index is 2.93. The minimum absolute atomic E-state index is 0.164. The molecule has 1 aromatic rings. The molecule has 0 fully saturated rings. The Kier molecular flexibility index (Phi) is 1.62. The Hall–Kier alpha value is -1.45. The summed E-state index contributed by atoms with van der Waals surface area (Å²) in [6, 6.07) is 1.27. The van der Waals surface area contributed by atoms with E-state index in [1.165, 1.54) is 19.4 Å². The third-order valence-corrected chi connectivity index (χ3v) is 1.02. The minimum Gasteiger partial charge on any atom is -0.504 e. The van der Waals surface area contributed by atoms with Gasteiger partial charge in [-0.1, -0.05) is 0 Å². The van der Waals surface area contributed by atoms with Crippen molar-refractivity contribution < 1.29 is 19.1 Å². The van der Waals surface area contributed by atoms with Crippen LogP contribution in [0.1, 0.15) is 10.6 Å². The molecule has 0 aliphatic heterocycles. The molecule has 0 aliphatic rings. The van der Waals surface area contributed by atoms with E-state index in [1.54, 1.807) is 0 Å². The van der Waals surface area contributed by atoms with Crippen LogP contribution in [0.25, 0.3) is 0 Å². The van der Waals surface area contributed by atoms with Crippen molar-refractivity contribution in [1.29, 1.82) is 0 Å². The molecular weight excluding hydrogens is 136 g/mol. The lowest BCUT2D eigenvalue weighted by molar-refractivity contribution is 0.0560. The summed E-state index contributed by atoms with van der Waals surface area (Å²) >= 11 is 0. The van der Waals surface area contributed by atoms with E-state index < -0.39 is 5.97 Å². The maximum Gasteiger partial charge on any atom is 0.377 e. The van der Waals surface area contributed by atoms with Crippen LogP contribution in [0.4, 0.5) is 0 Å². The molecule has 0 radical (unpaired) electrons. The molecular formula is C6H6O4. The smallest absolute Gasteiger partial charge is 0.377 e. The van der Waals surface area contributed by atoms with Crippen LogP contribution in [0.2, 0.25) is 0 Å². The summed E-state index contributed by atoms with van der Waals surface area (Å²) < 4.78 is 8.88. The zero-order valence-electron chi connectivity index (χ0n) is 5.33. The van der Waals surface area contributed by atoms with Gasteiger partial charge in [-0.2, -0.15) is 0 Å². The highest BCUT2D eigenvalue weighted by atomic mass is 16.5. The molecule has 0 bridgehead atoms. The lowest BCUT2D eigenvalue weighted by Gasteiger charge is -1.92. The fourth-order valence-electron chi connectivity index (χ4n) is 0.548. The number of furan rings is 1. The van der Waals surface area contributed by atoms with Gasteiger partial charge in [0, 0.05) is 6.07 Å². The number of methoxy groups -OCH3 is 1. The van der Waals surface area contributed by atoms with Gasteiger partial charge >= 0.3 is 5.97 Å². The predicted molar refractivity (Wildman–Crippen MR) is 31.7 cm³/mol. The first-order chi connectivity index (χ1) is 4.75. The maximum absolute atomic E-state index is 10.6. The van der Waals surface area contributed by atoms with Gasteiger partial charge in [0.25, 0.3) is 5.76 Å². The SMILES string of the molecule is COC(=O)c1occc1O. The van der Waals surface area contributed by atoms with Crippen LogP contribution >= 0.6 is 0 Å². The molecule has 0 aliphatic carbocycles. The van der Waals surface area contributed by atoms with Crippen molar-refractivity contribution in [3.8, 4) is 5.75 Å². The molecule has 0 atom stereocenters. The highest BCUT2D eigenvalue weighted by Gasteiger charge is 2.13. The van der Waals surface area contributed by atoms with Gasteiger partial charge in [0.2, 0.25) is 0 Å². The first-order valence-electron chi connectivity index (χ1n) is 2.60. The highest BCUT2D eigenvalue weighted by molar-refractivity contribution is 5.88. The van der Waals surface area contributed by atoms with E-state index in [-0.39, 0.29) is 11.5 Å². The molecule has 54 valence electrons. The number of carbonyl (C=O) groups excluding carboxylic acids is 1. The van der Waals surface area contributed by atoms with Crippen molar-refractivity contribution in [3.63, 3.8) is 0 Å². The van der Waals surface area contributed by atoms with E-state index in [0.717, 1.165) is 0 Å². The summed E-state index contributed by atoms with van der Waals surface area (Å²) in [6.45, 7) is 0. The molecule has 1 aromatic heterocycles. The standard InChI is InChI=1S/C6H6O4/c1-9-6(8)5-4(7)2-3-10-5/h2-3,7H,1H3. The van der Waals surface area contributed by atoms with Gasteiger partial charge in [-0.25, -0.2) is 4.79 Å². The summed E-state index contributed by atoms with van der Waals surface area (Å²) in [5.74, 6) is -1.04. The molecule has 1 heterocycles. The fourth-order valence-corrected chi connectivity index (χ4v) is 0.548. The van der Waals surface area contributed by atoms with Gasteiger partial charge in [0.15, 0.2) is 5.75 Å². The minimum atomic E-state index is -0.678. The van der Waals surface area contributed by atoms with E-state index >= 15 is 0 Å². The van der Waals surface area contributed by atoms with Crippen molar-refractivity contribution in [3.05, 3.63) is 18.1 Å². The van der Waals surface area contributed by atoms with E-state index in [1.807, 2.05) is 0 Å².